The number of carboxylic acids is 1. The van der Waals surface area contributed by atoms with Crippen molar-refractivity contribution in [3.63, 3.8) is 0 Å². The van der Waals surface area contributed by atoms with Gasteiger partial charge >= 0.3 is 5.97 Å². The van der Waals surface area contributed by atoms with E-state index in [1.165, 1.54) is 28.6 Å². The highest BCUT2D eigenvalue weighted by molar-refractivity contribution is 7.08. The molecule has 1 aliphatic rings. The van der Waals surface area contributed by atoms with Gasteiger partial charge in [-0.15, -0.1) is 0 Å². The molecule has 0 saturated carbocycles. The van der Waals surface area contributed by atoms with Gasteiger partial charge in [-0.1, -0.05) is 6.92 Å². The third-order valence-corrected chi connectivity index (χ3v) is 7.15. The van der Waals surface area contributed by atoms with Crippen molar-refractivity contribution in [2.45, 2.75) is 26.7 Å². The molecular formula is C21H19N7O4S2. The van der Waals surface area contributed by atoms with Crippen LogP contribution in [0.25, 0.3) is 16.2 Å². The van der Waals surface area contributed by atoms with Gasteiger partial charge in [-0.05, 0) is 30.1 Å². The predicted molar refractivity (Wildman–Crippen MR) is 126 cm³/mol. The third kappa shape index (κ3) is 3.86. The molecule has 11 nitrogen and oxygen atoms in total. The monoisotopic (exact) mass is 497 g/mol. The van der Waals surface area contributed by atoms with Crippen LogP contribution in [0.2, 0.25) is 0 Å². The predicted octanol–water partition coefficient (Wildman–Crippen LogP) is 1.91. The molecule has 13 heteroatoms. The molecule has 5 rings (SSSR count). The molecule has 34 heavy (non-hydrogen) atoms. The van der Waals surface area contributed by atoms with Gasteiger partial charge in [0.2, 0.25) is 10.6 Å². The third-order valence-electron chi connectivity index (χ3n) is 5.74. The lowest BCUT2D eigenvalue weighted by Gasteiger charge is -2.39. The molecule has 0 atom stereocenters. The summed E-state index contributed by atoms with van der Waals surface area (Å²) in [6.07, 6.45) is 3.60. The first-order valence-corrected chi connectivity index (χ1v) is 12.1. The van der Waals surface area contributed by atoms with E-state index in [4.69, 9.17) is 0 Å². The molecule has 1 aliphatic heterocycles. The molecule has 0 spiro atoms. The summed E-state index contributed by atoms with van der Waals surface area (Å²) in [5.41, 5.74) is -0.0579. The number of nitrogens with zero attached hydrogens (tertiary/aromatic N) is 7. The fraction of sp³-hybridized carbons (Fsp3) is 0.333. The molecule has 0 aromatic carbocycles. The van der Waals surface area contributed by atoms with Gasteiger partial charge in [-0.3, -0.25) is 14.2 Å². The number of pyridine rings is 2. The lowest BCUT2D eigenvalue weighted by molar-refractivity contribution is -0.122. The Balaban J connectivity index is 1.45. The second kappa shape index (κ2) is 8.65. The maximum absolute atomic E-state index is 12.9. The second-order valence-electron chi connectivity index (χ2n) is 7.97. The Morgan fingerprint density at radius 2 is 2.03 bits per heavy atom. The average Bonchev–Trinajstić information content (AvgIpc) is 3.44. The first kappa shape index (κ1) is 22.2. The van der Waals surface area contributed by atoms with Crippen molar-refractivity contribution in [1.82, 2.24) is 28.3 Å². The number of fused-ring (bicyclic) bond motifs is 1. The van der Waals surface area contributed by atoms with Crippen LogP contribution in [0.5, 0.6) is 0 Å². The lowest BCUT2D eigenvalue weighted by atomic mass is 9.93. The molecule has 0 radical (unpaired) electrons. The number of hydrogen-bond acceptors (Lipinski definition) is 11. The molecule has 0 bridgehead atoms. The van der Waals surface area contributed by atoms with E-state index < -0.39 is 11.4 Å². The minimum atomic E-state index is -1.32. The maximum Gasteiger partial charge on any atom is 0.341 e. The van der Waals surface area contributed by atoms with Gasteiger partial charge in [-0.25, -0.2) is 19.7 Å². The van der Waals surface area contributed by atoms with Crippen LogP contribution in [0.1, 0.15) is 33.7 Å². The Bertz CT molecular complexity index is 1470. The summed E-state index contributed by atoms with van der Waals surface area (Å²) >= 11 is 2.33. The zero-order valence-electron chi connectivity index (χ0n) is 18.3. The van der Waals surface area contributed by atoms with Gasteiger partial charge < -0.3 is 10.0 Å². The van der Waals surface area contributed by atoms with Crippen molar-refractivity contribution in [2.75, 3.05) is 18.0 Å². The summed E-state index contributed by atoms with van der Waals surface area (Å²) < 4.78 is 9.69. The van der Waals surface area contributed by atoms with Crippen molar-refractivity contribution in [1.29, 1.82) is 0 Å². The van der Waals surface area contributed by atoms with Gasteiger partial charge in [0, 0.05) is 37.2 Å². The number of carbonyl (C=O) groups excluding carboxylic acids is 1. The van der Waals surface area contributed by atoms with E-state index in [0.29, 0.717) is 35.2 Å². The molecule has 5 heterocycles. The van der Waals surface area contributed by atoms with Crippen molar-refractivity contribution in [2.24, 2.45) is 5.92 Å². The largest absolute Gasteiger partial charge is 0.477 e. The molecule has 0 unspecified atom stereocenters. The molecule has 1 saturated heterocycles. The number of carboxylic acid groups (broad SMARTS) is 1. The number of aromatic nitrogens is 6. The van der Waals surface area contributed by atoms with Crippen molar-refractivity contribution >= 4 is 51.7 Å². The van der Waals surface area contributed by atoms with Crippen LogP contribution in [0.4, 0.5) is 5.82 Å². The summed E-state index contributed by atoms with van der Waals surface area (Å²) in [6.45, 7) is 4.73. The molecule has 0 amide bonds. The fourth-order valence-electron chi connectivity index (χ4n) is 3.88. The van der Waals surface area contributed by atoms with E-state index in [-0.39, 0.29) is 29.1 Å². The van der Waals surface area contributed by atoms with Crippen LogP contribution in [-0.2, 0) is 17.6 Å². The molecular weight excluding hydrogens is 478 g/mol. The Hall–Kier alpha value is -3.58. The molecule has 4 aromatic rings. The van der Waals surface area contributed by atoms with Gasteiger partial charge in [-0.2, -0.15) is 8.75 Å². The average molecular weight is 498 g/mol. The Morgan fingerprint density at radius 1 is 1.24 bits per heavy atom. The fourth-order valence-corrected chi connectivity index (χ4v) is 5.12. The first-order chi connectivity index (χ1) is 16.4. The summed E-state index contributed by atoms with van der Waals surface area (Å²) in [6, 6.07) is 1.75. The van der Waals surface area contributed by atoms with Crippen LogP contribution < -0.4 is 10.3 Å². The normalized spacial score (nSPS) is 13.9. The Kier molecular flexibility index (Phi) is 5.65. The van der Waals surface area contributed by atoms with Gasteiger partial charge in [0.15, 0.2) is 5.65 Å². The highest BCUT2D eigenvalue weighted by Crippen LogP contribution is 2.29. The van der Waals surface area contributed by atoms with E-state index >= 15 is 0 Å². The molecule has 0 aliphatic carbocycles. The van der Waals surface area contributed by atoms with Crippen LogP contribution in [0.15, 0.2) is 23.4 Å². The quantitative estimate of drug-likeness (QED) is 0.402. The SMILES string of the molecule is CCc1nsc(CC(=O)C2CN(c3cc(C)c4c(=O)c(C(=O)O)cn(-c5ncns5)c4n3)C2)n1. The van der Waals surface area contributed by atoms with Gasteiger partial charge in [0.25, 0.3) is 0 Å². The van der Waals surface area contributed by atoms with Crippen LogP contribution >= 0.6 is 23.1 Å². The molecule has 174 valence electrons. The first-order valence-electron chi connectivity index (χ1n) is 10.5. The smallest absolute Gasteiger partial charge is 0.341 e. The minimum Gasteiger partial charge on any atom is -0.477 e. The van der Waals surface area contributed by atoms with Crippen molar-refractivity contribution in [3.05, 3.63) is 50.8 Å². The van der Waals surface area contributed by atoms with Gasteiger partial charge in [0.1, 0.15) is 34.3 Å². The standard InChI is InChI=1S/C21H19N7O4S2/c1-3-14-24-16(33-26-14)5-13(29)11-6-27(7-11)15-4-10(2)17-18(30)12(20(31)32)8-28(19(17)25-15)21-22-9-23-34-21/h4,8-9,11H,3,5-7H2,1-2H3,(H,31,32). The Morgan fingerprint density at radius 3 is 2.68 bits per heavy atom. The van der Waals surface area contributed by atoms with Gasteiger partial charge in [0.05, 0.1) is 17.7 Å². The zero-order chi connectivity index (χ0) is 24.0. The van der Waals surface area contributed by atoms with Crippen LogP contribution in [0, 0.1) is 12.8 Å². The summed E-state index contributed by atoms with van der Waals surface area (Å²) in [5.74, 6) is 0.0283. The topological polar surface area (TPSA) is 144 Å². The number of aromatic carboxylic acids is 1. The van der Waals surface area contributed by atoms with Crippen LogP contribution in [0.3, 0.4) is 0 Å². The number of aryl methyl sites for hydroxylation is 2. The molecule has 4 aromatic heterocycles. The summed E-state index contributed by atoms with van der Waals surface area (Å²) in [7, 11) is 0. The van der Waals surface area contributed by atoms with E-state index in [1.807, 2.05) is 11.8 Å². The van der Waals surface area contributed by atoms with E-state index in [1.54, 1.807) is 13.0 Å². The second-order valence-corrected chi connectivity index (χ2v) is 9.56. The number of anilines is 1. The number of Topliss-reactive ketones (excluding diaryl/α,β-unsaturated/α-hetero) is 1. The number of carbonyl (C=O) groups is 2. The van der Waals surface area contributed by atoms with Crippen LogP contribution in [-0.4, -0.2) is 58.2 Å². The number of rotatable bonds is 7. The highest BCUT2D eigenvalue weighted by atomic mass is 32.1. The highest BCUT2D eigenvalue weighted by Gasteiger charge is 2.34. The van der Waals surface area contributed by atoms with E-state index in [2.05, 4.69) is 23.7 Å². The lowest BCUT2D eigenvalue weighted by Crippen LogP contribution is -2.51. The molecule has 1 N–H and O–H groups in total. The van der Waals surface area contributed by atoms with E-state index in [0.717, 1.165) is 28.8 Å². The zero-order valence-corrected chi connectivity index (χ0v) is 19.9. The van der Waals surface area contributed by atoms with Crippen molar-refractivity contribution < 1.29 is 14.7 Å². The summed E-state index contributed by atoms with van der Waals surface area (Å²) in [4.78, 5) is 52.4. The molecule has 1 fully saturated rings. The minimum absolute atomic E-state index is 0.115. The summed E-state index contributed by atoms with van der Waals surface area (Å²) in [5, 5.41) is 10.9. The maximum atomic E-state index is 12.9. The number of ketones is 1. The van der Waals surface area contributed by atoms with E-state index in [9.17, 15) is 19.5 Å². The number of hydrogen-bond donors (Lipinski definition) is 1. The van der Waals surface area contributed by atoms with Crippen molar-refractivity contribution in [3.8, 4) is 5.13 Å². The Labute approximate surface area is 201 Å².